The van der Waals surface area contributed by atoms with Gasteiger partial charge in [-0.05, 0) is 77.0 Å². The predicted molar refractivity (Wildman–Crippen MR) is 153 cm³/mol. The van der Waals surface area contributed by atoms with E-state index in [0.717, 1.165) is 9.35 Å². The number of thiophene rings is 1. The van der Waals surface area contributed by atoms with Crippen molar-refractivity contribution >= 4 is 49.8 Å². The van der Waals surface area contributed by atoms with Crippen LogP contribution in [-0.2, 0) is 14.9 Å². The summed E-state index contributed by atoms with van der Waals surface area (Å²) in [4.78, 5) is 37.0. The molecule has 0 aliphatic rings. The number of anilines is 1. The lowest BCUT2D eigenvalue weighted by atomic mass is 9.87. The van der Waals surface area contributed by atoms with Crippen molar-refractivity contribution in [1.82, 2.24) is 0 Å². The number of non-ortho nitro benzene ring substituents is 1. The third-order valence-electron chi connectivity index (χ3n) is 5.79. The molecule has 0 atom stereocenters. The molecule has 0 fully saturated rings. The van der Waals surface area contributed by atoms with Crippen LogP contribution in [0.1, 0.15) is 61.3 Å². The number of nitrogens with zero attached hydrogens (tertiary/aromatic N) is 1. The lowest BCUT2D eigenvalue weighted by Crippen LogP contribution is -2.15. The molecule has 3 rings (SSSR count). The van der Waals surface area contributed by atoms with Crippen LogP contribution in [0.3, 0.4) is 0 Å². The Morgan fingerprint density at radius 1 is 1.13 bits per heavy atom. The molecule has 38 heavy (non-hydrogen) atoms. The van der Waals surface area contributed by atoms with Gasteiger partial charge in [-0.2, -0.15) is 0 Å². The van der Waals surface area contributed by atoms with Crippen LogP contribution in [0.15, 0.2) is 46.9 Å². The number of nitro benzene ring substituents is 1. The number of hydrogen-bond donors (Lipinski definition) is 1. The maximum absolute atomic E-state index is 12.9. The maximum Gasteiger partial charge on any atom is 0.341 e. The molecule has 1 N–H and O–H groups in total. The van der Waals surface area contributed by atoms with Gasteiger partial charge in [-0.1, -0.05) is 26.8 Å². The van der Waals surface area contributed by atoms with Crippen LogP contribution >= 0.6 is 27.3 Å². The molecule has 8 nitrogen and oxygen atoms in total. The first-order chi connectivity index (χ1) is 17.9. The van der Waals surface area contributed by atoms with E-state index in [-0.39, 0.29) is 35.6 Å². The smallest absolute Gasteiger partial charge is 0.341 e. The summed E-state index contributed by atoms with van der Waals surface area (Å²) in [7, 11) is 0. The van der Waals surface area contributed by atoms with Gasteiger partial charge in [0.2, 0.25) is 5.91 Å². The van der Waals surface area contributed by atoms with Crippen LogP contribution in [0.5, 0.6) is 5.75 Å². The van der Waals surface area contributed by atoms with E-state index >= 15 is 0 Å². The number of nitrogens with one attached hydrogen (secondary N) is 1. The fraction of sp³-hybridized carbons (Fsp3) is 0.357. The molecule has 0 aliphatic heterocycles. The molecule has 1 amide bonds. The van der Waals surface area contributed by atoms with Crippen LogP contribution in [0, 0.1) is 17.0 Å². The molecular weight excluding hydrogens is 572 g/mol. The Balaban J connectivity index is 1.69. The van der Waals surface area contributed by atoms with E-state index in [2.05, 4.69) is 42.0 Å². The zero-order valence-corrected chi connectivity index (χ0v) is 24.5. The van der Waals surface area contributed by atoms with Crippen molar-refractivity contribution in [3.05, 3.63) is 73.1 Å². The van der Waals surface area contributed by atoms with Crippen molar-refractivity contribution in [1.29, 1.82) is 0 Å². The maximum atomic E-state index is 12.9. The molecule has 0 spiro atoms. The molecule has 0 radical (unpaired) electrons. The standard InChI is InChI=1S/C28H31BrN2O6S/c1-6-36-27(33)25-24(18-9-12-20(13-10-18)31(34)35)17(2)38-26(25)30-23(32)8-7-15-37-22-14-11-19(16-21(22)29)28(3,4)5/h9-14,16H,6-8,15H2,1-5H3,(H,30,32). The normalized spacial score (nSPS) is 11.2. The first-order valence-corrected chi connectivity index (χ1v) is 13.8. The van der Waals surface area contributed by atoms with Gasteiger partial charge in [-0.3, -0.25) is 14.9 Å². The molecule has 202 valence electrons. The van der Waals surface area contributed by atoms with E-state index in [4.69, 9.17) is 9.47 Å². The molecule has 2 aromatic carbocycles. The molecule has 0 aliphatic carbocycles. The van der Waals surface area contributed by atoms with Gasteiger partial charge in [0.05, 0.1) is 22.6 Å². The number of nitro groups is 1. The van der Waals surface area contributed by atoms with Crippen LogP contribution in [0.25, 0.3) is 11.1 Å². The summed E-state index contributed by atoms with van der Waals surface area (Å²) >= 11 is 4.82. The summed E-state index contributed by atoms with van der Waals surface area (Å²) in [5.74, 6) is -0.102. The van der Waals surface area contributed by atoms with Crippen LogP contribution in [0.2, 0.25) is 0 Å². The van der Waals surface area contributed by atoms with Gasteiger partial charge in [0, 0.05) is 29.0 Å². The van der Waals surface area contributed by atoms with E-state index in [9.17, 15) is 19.7 Å². The predicted octanol–water partition coefficient (Wildman–Crippen LogP) is 7.67. The van der Waals surface area contributed by atoms with Crippen LogP contribution in [0.4, 0.5) is 10.7 Å². The number of halogens is 1. The molecule has 0 saturated heterocycles. The van der Waals surface area contributed by atoms with E-state index in [1.165, 1.54) is 29.0 Å². The average molecular weight is 604 g/mol. The van der Waals surface area contributed by atoms with Gasteiger partial charge in [0.15, 0.2) is 0 Å². The Hall–Kier alpha value is -3.24. The lowest BCUT2D eigenvalue weighted by Gasteiger charge is -2.20. The van der Waals surface area contributed by atoms with Crippen molar-refractivity contribution in [2.45, 2.75) is 52.9 Å². The highest BCUT2D eigenvalue weighted by molar-refractivity contribution is 9.10. The second-order valence-electron chi connectivity index (χ2n) is 9.66. The van der Waals surface area contributed by atoms with Crippen molar-refractivity contribution < 1.29 is 24.0 Å². The van der Waals surface area contributed by atoms with E-state index < -0.39 is 10.9 Å². The number of amides is 1. The topological polar surface area (TPSA) is 108 Å². The fourth-order valence-corrected chi connectivity index (χ4v) is 5.39. The number of aryl methyl sites for hydroxylation is 1. The molecule has 0 saturated carbocycles. The van der Waals surface area contributed by atoms with Crippen molar-refractivity contribution in [2.75, 3.05) is 18.5 Å². The zero-order valence-electron chi connectivity index (χ0n) is 22.1. The molecule has 1 heterocycles. The lowest BCUT2D eigenvalue weighted by molar-refractivity contribution is -0.384. The van der Waals surface area contributed by atoms with Crippen LogP contribution in [-0.4, -0.2) is 30.0 Å². The minimum Gasteiger partial charge on any atom is -0.492 e. The SMILES string of the molecule is CCOC(=O)c1c(NC(=O)CCCOc2ccc(C(C)(C)C)cc2Br)sc(C)c1-c1ccc([N+](=O)[O-])cc1. The van der Waals surface area contributed by atoms with Crippen molar-refractivity contribution in [2.24, 2.45) is 0 Å². The Labute approximate surface area is 234 Å². The number of benzene rings is 2. The van der Waals surface area contributed by atoms with Crippen molar-refractivity contribution in [3.63, 3.8) is 0 Å². The molecule has 0 unspecified atom stereocenters. The average Bonchev–Trinajstić information content (AvgIpc) is 3.17. The number of esters is 1. The molecular formula is C28H31BrN2O6S. The number of ether oxygens (including phenoxy) is 2. The summed E-state index contributed by atoms with van der Waals surface area (Å²) in [5.41, 5.74) is 2.63. The second-order valence-corrected chi connectivity index (χ2v) is 11.7. The highest BCUT2D eigenvalue weighted by Gasteiger charge is 2.26. The van der Waals surface area contributed by atoms with E-state index in [0.29, 0.717) is 34.9 Å². The number of rotatable bonds is 10. The quantitative estimate of drug-likeness (QED) is 0.110. The summed E-state index contributed by atoms with van der Waals surface area (Å²) in [6, 6.07) is 11.9. The van der Waals surface area contributed by atoms with E-state index in [1.54, 1.807) is 19.1 Å². The second kappa shape index (κ2) is 12.5. The molecule has 1 aromatic heterocycles. The first kappa shape index (κ1) is 29.3. The van der Waals surface area contributed by atoms with Gasteiger partial charge in [-0.25, -0.2) is 4.79 Å². The number of hydrogen-bond acceptors (Lipinski definition) is 7. The third-order valence-corrected chi connectivity index (χ3v) is 7.43. The molecule has 10 heteroatoms. The Morgan fingerprint density at radius 3 is 2.39 bits per heavy atom. The summed E-state index contributed by atoms with van der Waals surface area (Å²) < 4.78 is 12.0. The fourth-order valence-electron chi connectivity index (χ4n) is 3.82. The summed E-state index contributed by atoms with van der Waals surface area (Å²) in [5, 5.41) is 14.3. The van der Waals surface area contributed by atoms with Crippen LogP contribution < -0.4 is 10.1 Å². The zero-order chi connectivity index (χ0) is 28.0. The molecule has 3 aromatic rings. The highest BCUT2D eigenvalue weighted by Crippen LogP contribution is 2.41. The Kier molecular flexibility index (Phi) is 9.67. The van der Waals surface area contributed by atoms with Crippen molar-refractivity contribution in [3.8, 4) is 16.9 Å². The summed E-state index contributed by atoms with van der Waals surface area (Å²) in [6.07, 6.45) is 0.678. The van der Waals surface area contributed by atoms with Gasteiger partial charge in [0.1, 0.15) is 16.3 Å². The summed E-state index contributed by atoms with van der Waals surface area (Å²) in [6.45, 7) is 10.5. The highest BCUT2D eigenvalue weighted by atomic mass is 79.9. The van der Waals surface area contributed by atoms with Gasteiger partial charge >= 0.3 is 5.97 Å². The number of carbonyl (C=O) groups is 2. The number of carbonyl (C=O) groups excluding carboxylic acids is 2. The third kappa shape index (κ3) is 7.20. The van der Waals surface area contributed by atoms with Gasteiger partial charge in [0.25, 0.3) is 5.69 Å². The minimum absolute atomic E-state index is 0.0278. The largest absolute Gasteiger partial charge is 0.492 e. The Bertz CT molecular complexity index is 1330. The first-order valence-electron chi connectivity index (χ1n) is 12.2. The van der Waals surface area contributed by atoms with Gasteiger partial charge in [-0.15, -0.1) is 11.3 Å². The van der Waals surface area contributed by atoms with Gasteiger partial charge < -0.3 is 14.8 Å². The Morgan fingerprint density at radius 2 is 1.82 bits per heavy atom. The monoisotopic (exact) mass is 602 g/mol. The van der Waals surface area contributed by atoms with E-state index in [1.807, 2.05) is 25.1 Å². The minimum atomic E-state index is -0.563. The molecule has 0 bridgehead atoms.